The number of aromatic nitrogens is 1. The quantitative estimate of drug-likeness (QED) is 0.818. The van der Waals surface area contributed by atoms with Crippen LogP contribution in [0.1, 0.15) is 35.5 Å². The molecule has 0 spiro atoms. The smallest absolute Gasteiger partial charge is 0.347 e. The third-order valence-corrected chi connectivity index (χ3v) is 3.44. The van der Waals surface area contributed by atoms with Gasteiger partial charge < -0.3 is 19.6 Å². The lowest BCUT2D eigenvalue weighted by Gasteiger charge is -2.03. The van der Waals surface area contributed by atoms with E-state index in [1.807, 2.05) is 13.0 Å². The fraction of sp³-hybridized carbons (Fsp3) is 0.235. The lowest BCUT2D eigenvalue weighted by atomic mass is 10.1. The highest BCUT2D eigenvalue weighted by Crippen LogP contribution is 2.38. The predicted octanol–water partition coefficient (Wildman–Crippen LogP) is 3.25. The normalized spacial score (nSPS) is 14.0. The van der Waals surface area contributed by atoms with Gasteiger partial charge in [-0.05, 0) is 32.1 Å². The molecule has 1 aliphatic heterocycles. The number of hydrogen-bond donors (Lipinski definition) is 2. The summed E-state index contributed by atoms with van der Waals surface area (Å²) in [5.41, 5.74) is 1.56. The van der Waals surface area contributed by atoms with Gasteiger partial charge >= 0.3 is 5.97 Å². The molecule has 0 amide bonds. The number of furan rings is 1. The number of aromatic hydroxyl groups is 1. The van der Waals surface area contributed by atoms with Crippen molar-refractivity contribution in [3.63, 3.8) is 0 Å². The van der Waals surface area contributed by atoms with Crippen molar-refractivity contribution >= 4 is 35.5 Å². The Bertz CT molecular complexity index is 836. The Morgan fingerprint density at radius 3 is 3.04 bits per heavy atom. The molecule has 124 valence electrons. The molecule has 0 bridgehead atoms. The Kier molecular flexibility index (Phi) is 4.33. The summed E-state index contributed by atoms with van der Waals surface area (Å²) in [6.07, 6.45) is 4.91. The second-order valence-corrected chi connectivity index (χ2v) is 5.00. The zero-order valence-electron chi connectivity index (χ0n) is 13.4. The van der Waals surface area contributed by atoms with E-state index in [4.69, 9.17) is 9.15 Å². The number of allylic oxidation sites excluding steroid dienone is 1. The predicted molar refractivity (Wildman–Crippen MR) is 90.8 cm³/mol. The molecule has 7 heteroatoms. The second-order valence-electron chi connectivity index (χ2n) is 5.00. The third kappa shape index (κ3) is 2.76. The summed E-state index contributed by atoms with van der Waals surface area (Å²) in [6, 6.07) is 3.68. The summed E-state index contributed by atoms with van der Waals surface area (Å²) < 4.78 is 10.6. The topological polar surface area (TPSA) is 97.0 Å². The molecule has 0 aliphatic carbocycles. The van der Waals surface area contributed by atoms with Crippen LogP contribution in [0, 0.1) is 0 Å². The molecule has 0 saturated heterocycles. The van der Waals surface area contributed by atoms with Gasteiger partial charge in [0.1, 0.15) is 0 Å². The number of carbonyl (C=O) groups is 1. The van der Waals surface area contributed by atoms with Crippen LogP contribution in [0.2, 0.25) is 0 Å². The van der Waals surface area contributed by atoms with Crippen molar-refractivity contribution in [2.75, 3.05) is 18.5 Å². The summed E-state index contributed by atoms with van der Waals surface area (Å²) in [6.45, 7) is 4.29. The third-order valence-electron chi connectivity index (χ3n) is 3.44. The first-order valence-electron chi connectivity index (χ1n) is 7.63. The lowest BCUT2D eigenvalue weighted by Crippen LogP contribution is -2.07. The maximum Gasteiger partial charge on any atom is 0.347 e. The molecule has 0 saturated carbocycles. The summed E-state index contributed by atoms with van der Waals surface area (Å²) in [5, 5.41) is 13.3. The number of hydrogen-bond acceptors (Lipinski definition) is 7. The molecule has 3 heterocycles. The Morgan fingerprint density at radius 2 is 2.29 bits per heavy atom. The van der Waals surface area contributed by atoms with E-state index in [9.17, 15) is 9.90 Å². The number of pyridine rings is 1. The molecule has 2 N–H and O–H groups in total. The van der Waals surface area contributed by atoms with Gasteiger partial charge in [-0.15, -0.1) is 0 Å². The molecule has 1 aliphatic rings. The van der Waals surface area contributed by atoms with E-state index in [0.29, 0.717) is 12.4 Å². The van der Waals surface area contributed by atoms with E-state index in [1.54, 1.807) is 31.5 Å². The van der Waals surface area contributed by atoms with E-state index in [0.717, 1.165) is 11.1 Å². The minimum Gasteiger partial charge on any atom is -0.504 e. The number of nitrogens with zero attached hydrogens (tertiary/aromatic N) is 2. The van der Waals surface area contributed by atoms with Crippen molar-refractivity contribution in [3.8, 4) is 5.75 Å². The molecule has 7 nitrogen and oxygen atoms in total. The first-order valence-corrected chi connectivity index (χ1v) is 7.63. The minimum atomic E-state index is -0.637. The van der Waals surface area contributed by atoms with Crippen LogP contribution in [0.5, 0.6) is 5.75 Å². The zero-order valence-corrected chi connectivity index (χ0v) is 13.4. The van der Waals surface area contributed by atoms with Gasteiger partial charge in [-0.25, -0.2) is 14.8 Å². The van der Waals surface area contributed by atoms with Gasteiger partial charge in [-0.1, -0.05) is 0 Å². The van der Waals surface area contributed by atoms with E-state index in [-0.39, 0.29) is 29.6 Å². The molecular formula is C17H17N3O4. The number of esters is 1. The highest BCUT2D eigenvalue weighted by Gasteiger charge is 2.26. The number of anilines is 1. The van der Waals surface area contributed by atoms with Crippen molar-refractivity contribution in [2.24, 2.45) is 4.99 Å². The lowest BCUT2D eigenvalue weighted by molar-refractivity contribution is 0.0524. The van der Waals surface area contributed by atoms with Crippen LogP contribution in [0.15, 0.2) is 27.7 Å². The number of carbonyl (C=O) groups excluding carboxylic acids is 1. The summed E-state index contributed by atoms with van der Waals surface area (Å²) in [4.78, 5) is 20.4. The average Bonchev–Trinajstić information content (AvgIpc) is 3.11. The van der Waals surface area contributed by atoms with E-state index < -0.39 is 5.97 Å². The van der Waals surface area contributed by atoms with Crippen LogP contribution in [-0.2, 0) is 4.74 Å². The van der Waals surface area contributed by atoms with Crippen LogP contribution >= 0.6 is 0 Å². The van der Waals surface area contributed by atoms with E-state index >= 15 is 0 Å². The number of ether oxygens (including phenoxy) is 1. The Labute approximate surface area is 138 Å². The standard InChI is InChI=1S/C17H17N3O4/c1-3-18-16-13(17(22)23-4-2)14(21)12(24-16)8-10-9-20-15-11(10)6-5-7-19-15/h5-9,18,21H,3-4H2,1-2H3. The number of aliphatic imine (C=N–C) groups is 1. The molecule has 0 radical (unpaired) electrons. The fourth-order valence-electron chi connectivity index (χ4n) is 2.40. The van der Waals surface area contributed by atoms with Crippen molar-refractivity contribution in [1.29, 1.82) is 0 Å². The van der Waals surface area contributed by atoms with E-state index in [1.165, 1.54) is 0 Å². The maximum atomic E-state index is 12.1. The van der Waals surface area contributed by atoms with Gasteiger partial charge in [0.25, 0.3) is 0 Å². The number of fused-ring (bicyclic) bond motifs is 1. The van der Waals surface area contributed by atoms with Crippen molar-refractivity contribution in [1.82, 2.24) is 4.98 Å². The SMILES string of the molecule is CCNc1oc(C=C2C=Nc3ncccc32)c(O)c1C(=O)OCC. The second kappa shape index (κ2) is 6.57. The van der Waals surface area contributed by atoms with Crippen molar-refractivity contribution in [3.05, 3.63) is 35.2 Å². The number of rotatable bonds is 5. The molecule has 2 aromatic heterocycles. The van der Waals surface area contributed by atoms with Crippen molar-refractivity contribution < 1.29 is 19.1 Å². The average molecular weight is 327 g/mol. The van der Waals surface area contributed by atoms with Gasteiger partial charge in [0.2, 0.25) is 5.88 Å². The van der Waals surface area contributed by atoms with Gasteiger partial charge in [-0.3, -0.25) is 0 Å². The Morgan fingerprint density at radius 1 is 1.46 bits per heavy atom. The Hall–Kier alpha value is -3.09. The Balaban J connectivity index is 2.04. The van der Waals surface area contributed by atoms with E-state index in [2.05, 4.69) is 15.3 Å². The highest BCUT2D eigenvalue weighted by atomic mass is 16.5. The first kappa shape index (κ1) is 15.8. The largest absolute Gasteiger partial charge is 0.504 e. The summed E-state index contributed by atoms with van der Waals surface area (Å²) in [7, 11) is 0. The summed E-state index contributed by atoms with van der Waals surface area (Å²) in [5.74, 6) is 0.0465. The van der Waals surface area contributed by atoms with Crippen LogP contribution in [0.3, 0.4) is 0 Å². The molecule has 0 fully saturated rings. The van der Waals surface area contributed by atoms with Gasteiger partial charge in [0, 0.05) is 30.1 Å². The van der Waals surface area contributed by atoms with Crippen LogP contribution < -0.4 is 5.32 Å². The molecular weight excluding hydrogens is 310 g/mol. The minimum absolute atomic E-state index is 0.00750. The van der Waals surface area contributed by atoms with Crippen LogP contribution in [-0.4, -0.2) is 35.4 Å². The van der Waals surface area contributed by atoms with Gasteiger partial charge in [0.15, 0.2) is 22.9 Å². The molecule has 0 atom stereocenters. The fourth-order valence-corrected chi connectivity index (χ4v) is 2.40. The highest BCUT2D eigenvalue weighted by molar-refractivity contribution is 6.21. The monoisotopic (exact) mass is 327 g/mol. The van der Waals surface area contributed by atoms with Crippen LogP contribution in [0.25, 0.3) is 11.6 Å². The first-order chi connectivity index (χ1) is 11.7. The molecule has 3 rings (SSSR count). The maximum absolute atomic E-state index is 12.1. The van der Waals surface area contributed by atoms with Crippen molar-refractivity contribution in [2.45, 2.75) is 13.8 Å². The van der Waals surface area contributed by atoms with Gasteiger partial charge in [0.05, 0.1) is 6.61 Å². The zero-order chi connectivity index (χ0) is 17.1. The van der Waals surface area contributed by atoms with Crippen LogP contribution in [0.4, 0.5) is 11.7 Å². The molecule has 2 aromatic rings. The van der Waals surface area contributed by atoms with Gasteiger partial charge in [-0.2, -0.15) is 0 Å². The molecule has 0 aromatic carbocycles. The summed E-state index contributed by atoms with van der Waals surface area (Å²) >= 11 is 0. The molecule has 24 heavy (non-hydrogen) atoms. The molecule has 0 unspecified atom stereocenters. The number of nitrogens with one attached hydrogen (secondary N) is 1.